The molecule has 0 N–H and O–H groups in total. The van der Waals surface area contributed by atoms with Crippen LogP contribution >= 0.6 is 0 Å². The molecule has 0 aromatic heterocycles. The van der Waals surface area contributed by atoms with Gasteiger partial charge in [-0.05, 0) is 25.7 Å². The molecule has 1 saturated carbocycles. The van der Waals surface area contributed by atoms with Gasteiger partial charge in [0.2, 0.25) is 0 Å². The van der Waals surface area contributed by atoms with Crippen LogP contribution in [-0.2, 0) is 9.53 Å². The van der Waals surface area contributed by atoms with Crippen molar-refractivity contribution in [1.82, 2.24) is 0 Å². The van der Waals surface area contributed by atoms with E-state index in [-0.39, 0.29) is 6.10 Å². The van der Waals surface area contributed by atoms with Gasteiger partial charge in [-0.2, -0.15) is 0 Å². The molecule has 2 nitrogen and oxygen atoms in total. The average molecular weight is 146 g/mol. The molecular formula is C7H11FO2. The summed E-state index contributed by atoms with van der Waals surface area (Å²) in [5.41, 5.74) is 0. The second kappa shape index (κ2) is 3.54. The fourth-order valence-corrected chi connectivity index (χ4v) is 1.24. The first kappa shape index (κ1) is 7.51. The van der Waals surface area contributed by atoms with Gasteiger partial charge in [0.15, 0.2) is 0 Å². The van der Waals surface area contributed by atoms with Gasteiger partial charge in [-0.25, -0.2) is 4.39 Å². The van der Waals surface area contributed by atoms with E-state index in [2.05, 4.69) is 4.74 Å². The van der Waals surface area contributed by atoms with Crippen LogP contribution in [0, 0.1) is 0 Å². The summed E-state index contributed by atoms with van der Waals surface area (Å²) in [5.74, 6) is 0. The van der Waals surface area contributed by atoms with Gasteiger partial charge >= 0.3 is 0 Å². The van der Waals surface area contributed by atoms with Crippen molar-refractivity contribution >= 4 is 6.47 Å². The molecule has 0 bridgehead atoms. The number of ether oxygens (including phenoxy) is 1. The lowest BCUT2D eigenvalue weighted by Crippen LogP contribution is -2.21. The summed E-state index contributed by atoms with van der Waals surface area (Å²) in [5, 5.41) is 0. The highest BCUT2D eigenvalue weighted by atomic mass is 19.1. The van der Waals surface area contributed by atoms with Crippen molar-refractivity contribution in [2.24, 2.45) is 0 Å². The van der Waals surface area contributed by atoms with Gasteiger partial charge in [0, 0.05) is 0 Å². The number of alkyl halides is 1. The summed E-state index contributed by atoms with van der Waals surface area (Å²) in [6, 6.07) is 0. The molecule has 0 unspecified atom stereocenters. The first-order chi connectivity index (χ1) is 4.83. The molecule has 3 heteroatoms. The molecule has 0 aromatic carbocycles. The van der Waals surface area contributed by atoms with E-state index in [0.29, 0.717) is 32.2 Å². The summed E-state index contributed by atoms with van der Waals surface area (Å²) in [7, 11) is 0. The van der Waals surface area contributed by atoms with Crippen molar-refractivity contribution < 1.29 is 13.9 Å². The maximum absolute atomic E-state index is 12.5. The maximum Gasteiger partial charge on any atom is 0.293 e. The molecule has 10 heavy (non-hydrogen) atoms. The van der Waals surface area contributed by atoms with Crippen molar-refractivity contribution in [2.45, 2.75) is 38.0 Å². The Morgan fingerprint density at radius 3 is 2.40 bits per heavy atom. The lowest BCUT2D eigenvalue weighted by Gasteiger charge is -2.21. The third kappa shape index (κ3) is 1.97. The van der Waals surface area contributed by atoms with Crippen molar-refractivity contribution in [3.05, 3.63) is 0 Å². The predicted octanol–water partition coefficient (Wildman–Crippen LogP) is 1.44. The monoisotopic (exact) mass is 146 g/mol. The third-order valence-corrected chi connectivity index (χ3v) is 1.85. The molecule has 0 spiro atoms. The Morgan fingerprint density at radius 1 is 1.30 bits per heavy atom. The van der Waals surface area contributed by atoms with E-state index in [9.17, 15) is 9.18 Å². The zero-order chi connectivity index (χ0) is 7.40. The Bertz CT molecular complexity index is 108. The van der Waals surface area contributed by atoms with Crippen molar-refractivity contribution in [3.8, 4) is 0 Å². The first-order valence-corrected chi connectivity index (χ1v) is 3.56. The van der Waals surface area contributed by atoms with Gasteiger partial charge in [0.25, 0.3) is 6.47 Å². The van der Waals surface area contributed by atoms with Crippen LogP contribution < -0.4 is 0 Å². The molecule has 0 aromatic rings. The first-order valence-electron chi connectivity index (χ1n) is 3.56. The minimum Gasteiger partial charge on any atom is -0.465 e. The highest BCUT2D eigenvalue weighted by Gasteiger charge is 2.20. The highest BCUT2D eigenvalue weighted by molar-refractivity contribution is 5.37. The zero-order valence-electron chi connectivity index (χ0n) is 5.75. The summed E-state index contributed by atoms with van der Waals surface area (Å²) in [4.78, 5) is 9.84. The fraction of sp³-hybridized carbons (Fsp3) is 0.857. The summed E-state index contributed by atoms with van der Waals surface area (Å²) in [6.45, 7) is 0.448. The Hall–Kier alpha value is -0.600. The van der Waals surface area contributed by atoms with E-state index >= 15 is 0 Å². The highest BCUT2D eigenvalue weighted by Crippen LogP contribution is 2.22. The van der Waals surface area contributed by atoms with Gasteiger partial charge in [-0.3, -0.25) is 4.79 Å². The van der Waals surface area contributed by atoms with Crippen LogP contribution in [0.2, 0.25) is 0 Å². The Balaban J connectivity index is 2.19. The summed E-state index contributed by atoms with van der Waals surface area (Å²) < 4.78 is 17.1. The molecule has 1 aliphatic carbocycles. The SMILES string of the molecule is O=COC1CCC(F)CC1. The normalized spacial score (nSPS) is 33.3. The Labute approximate surface area is 59.4 Å². The Kier molecular flexibility index (Phi) is 2.66. The van der Waals surface area contributed by atoms with E-state index in [1.54, 1.807) is 0 Å². The average Bonchev–Trinajstić information content (AvgIpc) is 1.95. The quantitative estimate of drug-likeness (QED) is 0.551. The van der Waals surface area contributed by atoms with Crippen LogP contribution in [0.3, 0.4) is 0 Å². The molecule has 0 saturated heterocycles. The number of hydrogen-bond acceptors (Lipinski definition) is 2. The van der Waals surface area contributed by atoms with Gasteiger partial charge in [-0.15, -0.1) is 0 Å². The molecule has 1 fully saturated rings. The van der Waals surface area contributed by atoms with Gasteiger partial charge < -0.3 is 4.74 Å². The molecular weight excluding hydrogens is 135 g/mol. The lowest BCUT2D eigenvalue weighted by atomic mass is 9.96. The molecule has 0 atom stereocenters. The minimum atomic E-state index is -0.675. The largest absolute Gasteiger partial charge is 0.465 e. The van der Waals surface area contributed by atoms with Gasteiger partial charge in [0.05, 0.1) is 0 Å². The van der Waals surface area contributed by atoms with E-state index < -0.39 is 6.17 Å². The lowest BCUT2D eigenvalue weighted by molar-refractivity contribution is -0.135. The van der Waals surface area contributed by atoms with E-state index in [4.69, 9.17) is 0 Å². The van der Waals surface area contributed by atoms with Crippen LogP contribution in [0.4, 0.5) is 4.39 Å². The molecule has 1 aliphatic rings. The molecule has 58 valence electrons. The van der Waals surface area contributed by atoms with E-state index in [1.807, 2.05) is 0 Å². The second-order valence-corrected chi connectivity index (χ2v) is 2.61. The molecule has 0 aliphatic heterocycles. The number of carbonyl (C=O) groups excluding carboxylic acids is 1. The second-order valence-electron chi connectivity index (χ2n) is 2.61. The van der Waals surface area contributed by atoms with Crippen LogP contribution in [0.15, 0.2) is 0 Å². The fourth-order valence-electron chi connectivity index (χ4n) is 1.24. The van der Waals surface area contributed by atoms with Crippen LogP contribution in [0.5, 0.6) is 0 Å². The standard InChI is InChI=1S/C7H11FO2/c8-6-1-3-7(4-2-6)10-5-9/h5-7H,1-4H2. The molecule has 0 heterocycles. The van der Waals surface area contributed by atoms with Crippen molar-refractivity contribution in [3.63, 3.8) is 0 Å². The van der Waals surface area contributed by atoms with Gasteiger partial charge in [0.1, 0.15) is 12.3 Å². The van der Waals surface area contributed by atoms with Crippen LogP contribution in [-0.4, -0.2) is 18.7 Å². The number of hydrogen-bond donors (Lipinski definition) is 0. The topological polar surface area (TPSA) is 26.3 Å². The minimum absolute atomic E-state index is 0.0236. The van der Waals surface area contributed by atoms with Gasteiger partial charge in [-0.1, -0.05) is 0 Å². The number of carbonyl (C=O) groups is 1. The zero-order valence-corrected chi connectivity index (χ0v) is 5.75. The van der Waals surface area contributed by atoms with Crippen LogP contribution in [0.1, 0.15) is 25.7 Å². The molecule has 1 rings (SSSR count). The molecule has 0 amide bonds. The Morgan fingerprint density at radius 2 is 1.90 bits per heavy atom. The van der Waals surface area contributed by atoms with Crippen LogP contribution in [0.25, 0.3) is 0 Å². The maximum atomic E-state index is 12.5. The third-order valence-electron chi connectivity index (χ3n) is 1.85. The number of rotatable bonds is 2. The summed E-state index contributed by atoms with van der Waals surface area (Å²) in [6.07, 6.45) is 1.74. The number of halogens is 1. The van der Waals surface area contributed by atoms with E-state index in [0.717, 1.165) is 0 Å². The molecule has 0 radical (unpaired) electrons. The van der Waals surface area contributed by atoms with Crippen molar-refractivity contribution in [1.29, 1.82) is 0 Å². The predicted molar refractivity (Wildman–Crippen MR) is 34.3 cm³/mol. The van der Waals surface area contributed by atoms with Crippen molar-refractivity contribution in [2.75, 3.05) is 0 Å². The summed E-state index contributed by atoms with van der Waals surface area (Å²) >= 11 is 0. The van der Waals surface area contributed by atoms with E-state index in [1.165, 1.54) is 0 Å². The smallest absolute Gasteiger partial charge is 0.293 e.